The average molecular weight is 532 g/mol. The number of piperazine rings is 1. The highest BCUT2D eigenvalue weighted by molar-refractivity contribution is 14.0. The van der Waals surface area contributed by atoms with E-state index < -0.39 is 0 Å². The minimum Gasteiger partial charge on any atom is -0.496 e. The molecule has 2 N–H and O–H groups in total. The number of aryl methyl sites for hydroxylation is 1. The molecule has 1 fully saturated rings. The lowest BCUT2D eigenvalue weighted by Crippen LogP contribution is -2.46. The minimum absolute atomic E-state index is 0. The molecule has 1 aliphatic heterocycles. The number of benzene rings is 1. The van der Waals surface area contributed by atoms with Crippen LogP contribution in [-0.2, 0) is 6.42 Å². The summed E-state index contributed by atoms with van der Waals surface area (Å²) in [4.78, 5) is 9.87. The molecule has 0 bridgehead atoms. The molecule has 0 radical (unpaired) electrons. The summed E-state index contributed by atoms with van der Waals surface area (Å²) in [5.41, 5.74) is 2.50. The van der Waals surface area contributed by atoms with Crippen molar-refractivity contribution in [1.29, 1.82) is 0 Å². The highest BCUT2D eigenvalue weighted by atomic mass is 127. The number of likely N-dealkylation sites (N-methyl/N-ethyl adjacent to an activating group) is 1. The number of methoxy groups -OCH3 is 1. The number of guanidine groups is 1. The predicted octanol–water partition coefficient (Wildman–Crippen LogP) is 3.14. The van der Waals surface area contributed by atoms with Gasteiger partial charge in [0.25, 0.3) is 0 Å². The highest BCUT2D eigenvalue weighted by Crippen LogP contribution is 2.19. The predicted molar refractivity (Wildman–Crippen MR) is 139 cm³/mol. The first-order valence-electron chi connectivity index (χ1n) is 11.3. The van der Waals surface area contributed by atoms with Gasteiger partial charge in [0.1, 0.15) is 5.75 Å². The number of nitrogens with zero attached hydrogens (tertiary/aromatic N) is 3. The monoisotopic (exact) mass is 531 g/mol. The second-order valence-corrected chi connectivity index (χ2v) is 7.74. The van der Waals surface area contributed by atoms with Crippen LogP contribution in [0.5, 0.6) is 5.75 Å². The van der Waals surface area contributed by atoms with Gasteiger partial charge in [0.15, 0.2) is 5.96 Å². The van der Waals surface area contributed by atoms with E-state index in [0.29, 0.717) is 0 Å². The number of nitrogens with one attached hydrogen (secondary N) is 2. The zero-order valence-corrected chi connectivity index (χ0v) is 21.7. The zero-order chi connectivity index (χ0) is 20.9. The summed E-state index contributed by atoms with van der Waals surface area (Å²) in [5, 5.41) is 6.81. The molecular weight excluding hydrogens is 489 g/mol. The largest absolute Gasteiger partial charge is 0.496 e. The molecule has 1 saturated heterocycles. The number of hydrogen-bond donors (Lipinski definition) is 2. The molecule has 0 unspecified atom stereocenters. The summed E-state index contributed by atoms with van der Waals surface area (Å²) in [6.45, 7) is 16.3. The van der Waals surface area contributed by atoms with E-state index in [1.165, 1.54) is 56.8 Å². The molecule has 1 heterocycles. The van der Waals surface area contributed by atoms with Crippen LogP contribution in [0.3, 0.4) is 0 Å². The van der Waals surface area contributed by atoms with Crippen molar-refractivity contribution >= 4 is 29.9 Å². The number of ether oxygens (including phenoxy) is 1. The van der Waals surface area contributed by atoms with Crippen LogP contribution in [-0.4, -0.2) is 81.8 Å². The number of halogens is 1. The second-order valence-electron chi connectivity index (χ2n) is 7.74. The molecule has 1 aromatic carbocycles. The highest BCUT2D eigenvalue weighted by Gasteiger charge is 2.14. The molecule has 0 spiro atoms. The first-order valence-corrected chi connectivity index (χ1v) is 11.3. The maximum Gasteiger partial charge on any atom is 0.191 e. The third-order valence-corrected chi connectivity index (χ3v) is 5.53. The Morgan fingerprint density at radius 2 is 1.80 bits per heavy atom. The van der Waals surface area contributed by atoms with Gasteiger partial charge in [-0.3, -0.25) is 4.99 Å². The van der Waals surface area contributed by atoms with E-state index in [9.17, 15) is 0 Å². The van der Waals surface area contributed by atoms with Crippen LogP contribution in [0.4, 0.5) is 0 Å². The fourth-order valence-corrected chi connectivity index (χ4v) is 3.73. The van der Waals surface area contributed by atoms with Gasteiger partial charge in [0, 0.05) is 45.8 Å². The summed E-state index contributed by atoms with van der Waals surface area (Å²) < 4.78 is 5.48. The average Bonchev–Trinajstić information content (AvgIpc) is 2.74. The van der Waals surface area contributed by atoms with Crippen molar-refractivity contribution in [3.05, 3.63) is 29.3 Å². The van der Waals surface area contributed by atoms with Crippen molar-refractivity contribution in [2.75, 3.05) is 66.0 Å². The van der Waals surface area contributed by atoms with Crippen molar-refractivity contribution in [2.24, 2.45) is 4.99 Å². The summed E-state index contributed by atoms with van der Waals surface area (Å²) >= 11 is 0. The summed E-state index contributed by atoms with van der Waals surface area (Å²) in [6.07, 6.45) is 3.27. The van der Waals surface area contributed by atoms with E-state index in [-0.39, 0.29) is 24.0 Å². The van der Waals surface area contributed by atoms with Gasteiger partial charge >= 0.3 is 0 Å². The lowest BCUT2D eigenvalue weighted by molar-refractivity contribution is 0.136. The van der Waals surface area contributed by atoms with Crippen LogP contribution in [0.25, 0.3) is 0 Å². The summed E-state index contributed by atoms with van der Waals surface area (Å²) in [7, 11) is 1.73. The van der Waals surface area contributed by atoms with Gasteiger partial charge in [-0.25, -0.2) is 0 Å². The minimum atomic E-state index is 0. The lowest BCUT2D eigenvalue weighted by Gasteiger charge is -2.33. The number of hydrogen-bond acceptors (Lipinski definition) is 4. The van der Waals surface area contributed by atoms with Gasteiger partial charge in [-0.2, -0.15) is 0 Å². The molecule has 30 heavy (non-hydrogen) atoms. The topological polar surface area (TPSA) is 52.1 Å². The molecule has 0 aliphatic carbocycles. The van der Waals surface area contributed by atoms with Crippen LogP contribution >= 0.6 is 24.0 Å². The van der Waals surface area contributed by atoms with Gasteiger partial charge < -0.3 is 25.2 Å². The quantitative estimate of drug-likeness (QED) is 0.199. The Bertz CT molecular complexity index is 618. The zero-order valence-electron chi connectivity index (χ0n) is 19.4. The Morgan fingerprint density at radius 3 is 2.47 bits per heavy atom. The molecule has 172 valence electrons. The first-order chi connectivity index (χ1) is 14.2. The molecule has 2 rings (SSSR count). The van der Waals surface area contributed by atoms with Gasteiger partial charge in [0.2, 0.25) is 0 Å². The Kier molecular flexibility index (Phi) is 14.1. The molecule has 6 nitrogen and oxygen atoms in total. The van der Waals surface area contributed by atoms with Gasteiger partial charge in [0.05, 0.1) is 7.11 Å². The van der Waals surface area contributed by atoms with Crippen LogP contribution in [0.15, 0.2) is 23.2 Å². The van der Waals surface area contributed by atoms with Crippen LogP contribution in [0, 0.1) is 6.92 Å². The number of rotatable bonds is 11. The molecule has 1 aromatic rings. The molecule has 0 amide bonds. The Labute approximate surface area is 200 Å². The van der Waals surface area contributed by atoms with Gasteiger partial charge in [-0.1, -0.05) is 24.6 Å². The fourth-order valence-electron chi connectivity index (χ4n) is 3.73. The molecule has 7 heteroatoms. The summed E-state index contributed by atoms with van der Waals surface area (Å²) in [6, 6.07) is 6.34. The van der Waals surface area contributed by atoms with Crippen LogP contribution in [0.1, 0.15) is 37.8 Å². The van der Waals surface area contributed by atoms with E-state index >= 15 is 0 Å². The number of unbranched alkanes of at least 4 members (excludes halogenated alkanes) is 1. The van der Waals surface area contributed by atoms with E-state index in [2.05, 4.69) is 53.3 Å². The Morgan fingerprint density at radius 1 is 1.07 bits per heavy atom. The van der Waals surface area contributed by atoms with Crippen LogP contribution < -0.4 is 15.4 Å². The lowest BCUT2D eigenvalue weighted by atomic mass is 10.1. The smallest absolute Gasteiger partial charge is 0.191 e. The third-order valence-electron chi connectivity index (χ3n) is 5.53. The summed E-state index contributed by atoms with van der Waals surface area (Å²) in [5.74, 6) is 1.87. The third kappa shape index (κ3) is 9.83. The van der Waals surface area contributed by atoms with Gasteiger partial charge in [-0.15, -0.1) is 24.0 Å². The van der Waals surface area contributed by atoms with Gasteiger partial charge in [-0.05, 0) is 57.8 Å². The second kappa shape index (κ2) is 15.7. The Hall–Kier alpha value is -1.06. The normalized spacial score (nSPS) is 15.5. The fraction of sp³-hybridized carbons (Fsp3) is 0.696. The van der Waals surface area contributed by atoms with E-state index in [1.807, 2.05) is 6.07 Å². The van der Waals surface area contributed by atoms with E-state index in [0.717, 1.165) is 44.2 Å². The molecule has 0 aromatic heterocycles. The van der Waals surface area contributed by atoms with Crippen molar-refractivity contribution in [2.45, 2.75) is 40.0 Å². The van der Waals surface area contributed by atoms with Crippen molar-refractivity contribution in [3.8, 4) is 5.75 Å². The van der Waals surface area contributed by atoms with Crippen molar-refractivity contribution < 1.29 is 4.74 Å². The Balaban J connectivity index is 0.00000450. The molecule has 1 aliphatic rings. The van der Waals surface area contributed by atoms with Crippen LogP contribution in [0.2, 0.25) is 0 Å². The van der Waals surface area contributed by atoms with Crippen molar-refractivity contribution in [3.63, 3.8) is 0 Å². The van der Waals surface area contributed by atoms with E-state index in [1.54, 1.807) is 7.11 Å². The maximum absolute atomic E-state index is 5.48. The first kappa shape index (κ1) is 27.0. The SMILES string of the molecule is CCNC(=NCCCCN1CCN(CC)CC1)NCCc1cc(C)ccc1OC.I. The maximum atomic E-state index is 5.48. The van der Waals surface area contributed by atoms with E-state index in [4.69, 9.17) is 9.73 Å². The molecular formula is C23H42IN5O. The molecule has 0 atom stereocenters. The van der Waals surface area contributed by atoms with Crippen molar-refractivity contribution in [1.82, 2.24) is 20.4 Å². The molecule has 0 saturated carbocycles. The standard InChI is InChI=1S/C23H41N5O.HI/c1-5-24-23(26-13-11-21-19-20(3)9-10-22(21)29-4)25-12-7-8-14-28-17-15-27(6-2)16-18-28;/h9-10,19H,5-8,11-18H2,1-4H3,(H2,24,25,26);1H. The number of aliphatic imine (C=N–C) groups is 1.